The van der Waals surface area contributed by atoms with Gasteiger partial charge in [-0.15, -0.1) is 0 Å². The number of rotatable bonds is 2. The highest BCUT2D eigenvalue weighted by Crippen LogP contribution is 2.27. The maximum Gasteiger partial charge on any atom is 0.253 e. The number of hydrogen-bond acceptors (Lipinski definition) is 2. The van der Waals surface area contributed by atoms with Crippen molar-refractivity contribution < 1.29 is 9.59 Å². The van der Waals surface area contributed by atoms with E-state index >= 15 is 0 Å². The van der Waals surface area contributed by atoms with Crippen LogP contribution in [0.25, 0.3) is 0 Å². The predicted octanol–water partition coefficient (Wildman–Crippen LogP) is 2.55. The molecule has 0 unspecified atom stereocenters. The summed E-state index contributed by atoms with van der Waals surface area (Å²) in [4.78, 5) is 28.9. The molecule has 4 nitrogen and oxygen atoms in total. The predicted molar refractivity (Wildman–Crippen MR) is 85.5 cm³/mol. The van der Waals surface area contributed by atoms with Gasteiger partial charge in [-0.05, 0) is 31.4 Å². The number of carbonyl (C=O) groups excluding carboxylic acids is 2. The summed E-state index contributed by atoms with van der Waals surface area (Å²) >= 11 is 0. The van der Waals surface area contributed by atoms with Crippen LogP contribution in [0.4, 0.5) is 0 Å². The van der Waals surface area contributed by atoms with Crippen LogP contribution in [-0.4, -0.2) is 47.8 Å². The summed E-state index contributed by atoms with van der Waals surface area (Å²) in [5.74, 6) is 0.624. The minimum Gasteiger partial charge on any atom is -0.341 e. The molecule has 1 saturated heterocycles. The minimum absolute atomic E-state index is 0.0794. The molecule has 0 N–H and O–H groups in total. The molecular weight excluding hydrogens is 276 g/mol. The van der Waals surface area contributed by atoms with Crippen LogP contribution >= 0.6 is 0 Å². The Kier molecular flexibility index (Phi) is 4.76. The molecular formula is C18H24N2O2. The topological polar surface area (TPSA) is 40.6 Å². The number of benzene rings is 1. The molecule has 4 heteroatoms. The molecule has 2 fully saturated rings. The minimum atomic E-state index is 0.0794. The van der Waals surface area contributed by atoms with Gasteiger partial charge in [-0.25, -0.2) is 0 Å². The average Bonchev–Trinajstić information content (AvgIpc) is 2.99. The molecule has 0 atom stereocenters. The third kappa shape index (κ3) is 3.32. The first kappa shape index (κ1) is 15.1. The van der Waals surface area contributed by atoms with Crippen molar-refractivity contribution in [3.05, 3.63) is 35.9 Å². The summed E-state index contributed by atoms with van der Waals surface area (Å²) in [6.07, 6.45) is 5.33. The lowest BCUT2D eigenvalue weighted by atomic mass is 10.1. The van der Waals surface area contributed by atoms with E-state index < -0.39 is 0 Å². The first-order chi connectivity index (χ1) is 10.8. The zero-order valence-corrected chi connectivity index (χ0v) is 13.0. The van der Waals surface area contributed by atoms with Gasteiger partial charge in [-0.2, -0.15) is 0 Å². The van der Waals surface area contributed by atoms with Crippen LogP contribution in [0.1, 0.15) is 42.5 Å². The van der Waals surface area contributed by atoms with E-state index in [-0.39, 0.29) is 11.8 Å². The smallest absolute Gasteiger partial charge is 0.253 e. The molecule has 1 saturated carbocycles. The highest BCUT2D eigenvalue weighted by atomic mass is 16.2. The Labute approximate surface area is 132 Å². The van der Waals surface area contributed by atoms with Crippen LogP contribution < -0.4 is 0 Å². The van der Waals surface area contributed by atoms with Crippen molar-refractivity contribution in [2.45, 2.75) is 32.1 Å². The van der Waals surface area contributed by atoms with Crippen LogP contribution in [0.2, 0.25) is 0 Å². The van der Waals surface area contributed by atoms with Crippen molar-refractivity contribution in [2.24, 2.45) is 5.92 Å². The fourth-order valence-corrected chi connectivity index (χ4v) is 3.54. The SMILES string of the molecule is O=C(c1ccccc1)N1CCCN(C(=O)C2CCCC2)CC1. The van der Waals surface area contributed by atoms with E-state index in [4.69, 9.17) is 0 Å². The Hall–Kier alpha value is -1.84. The Morgan fingerprint density at radius 2 is 1.45 bits per heavy atom. The van der Waals surface area contributed by atoms with Crippen LogP contribution in [0, 0.1) is 5.92 Å². The van der Waals surface area contributed by atoms with E-state index in [0.717, 1.165) is 37.9 Å². The lowest BCUT2D eigenvalue weighted by Gasteiger charge is -2.24. The maximum absolute atomic E-state index is 12.5. The molecule has 3 rings (SSSR count). The third-order valence-corrected chi connectivity index (χ3v) is 4.82. The highest BCUT2D eigenvalue weighted by Gasteiger charge is 2.29. The average molecular weight is 300 g/mol. The molecule has 0 spiro atoms. The van der Waals surface area contributed by atoms with Crippen molar-refractivity contribution in [2.75, 3.05) is 26.2 Å². The van der Waals surface area contributed by atoms with Crippen LogP contribution in [0.15, 0.2) is 30.3 Å². The monoisotopic (exact) mass is 300 g/mol. The van der Waals surface area contributed by atoms with Crippen LogP contribution in [0.3, 0.4) is 0 Å². The standard InChI is InChI=1S/C18H24N2O2/c21-17(15-7-2-1-3-8-15)19-11-6-12-20(14-13-19)18(22)16-9-4-5-10-16/h1-3,7-8,16H,4-6,9-14H2. The van der Waals surface area contributed by atoms with Gasteiger partial charge in [0.2, 0.25) is 5.91 Å². The molecule has 2 amide bonds. The van der Waals surface area contributed by atoms with Gasteiger partial charge >= 0.3 is 0 Å². The number of amides is 2. The fourth-order valence-electron chi connectivity index (χ4n) is 3.54. The molecule has 1 aromatic rings. The summed E-state index contributed by atoms with van der Waals surface area (Å²) in [6, 6.07) is 9.41. The van der Waals surface area contributed by atoms with Crippen molar-refractivity contribution in [1.82, 2.24) is 9.80 Å². The molecule has 1 aromatic carbocycles. The molecule has 0 radical (unpaired) electrons. The third-order valence-electron chi connectivity index (χ3n) is 4.82. The second-order valence-electron chi connectivity index (χ2n) is 6.32. The summed E-state index contributed by atoms with van der Waals surface area (Å²) in [5.41, 5.74) is 0.734. The number of carbonyl (C=O) groups is 2. The highest BCUT2D eigenvalue weighted by molar-refractivity contribution is 5.94. The van der Waals surface area contributed by atoms with Crippen LogP contribution in [-0.2, 0) is 4.79 Å². The van der Waals surface area contributed by atoms with E-state index in [1.54, 1.807) is 0 Å². The van der Waals surface area contributed by atoms with Gasteiger partial charge in [0, 0.05) is 37.7 Å². The lowest BCUT2D eigenvalue weighted by molar-refractivity contribution is -0.135. The zero-order valence-electron chi connectivity index (χ0n) is 13.0. The molecule has 0 bridgehead atoms. The second kappa shape index (κ2) is 6.95. The van der Waals surface area contributed by atoms with Gasteiger partial charge in [0.1, 0.15) is 0 Å². The molecule has 0 aromatic heterocycles. The molecule has 1 aliphatic carbocycles. The number of hydrogen-bond donors (Lipinski definition) is 0. The molecule has 22 heavy (non-hydrogen) atoms. The summed E-state index contributed by atoms with van der Waals surface area (Å²) in [6.45, 7) is 2.84. The van der Waals surface area contributed by atoms with Gasteiger partial charge in [-0.1, -0.05) is 31.0 Å². The lowest BCUT2D eigenvalue weighted by Crippen LogP contribution is -2.39. The normalized spacial score (nSPS) is 20.0. The van der Waals surface area contributed by atoms with Crippen molar-refractivity contribution in [3.63, 3.8) is 0 Å². The quantitative estimate of drug-likeness (QED) is 0.842. The Morgan fingerprint density at radius 3 is 2.18 bits per heavy atom. The summed E-state index contributed by atoms with van der Waals surface area (Å²) in [5, 5.41) is 0. The molecule has 118 valence electrons. The maximum atomic E-state index is 12.5. The van der Waals surface area contributed by atoms with Gasteiger partial charge in [0.15, 0.2) is 0 Å². The van der Waals surface area contributed by atoms with E-state index in [2.05, 4.69) is 0 Å². The van der Waals surface area contributed by atoms with Crippen LogP contribution in [0.5, 0.6) is 0 Å². The van der Waals surface area contributed by atoms with Crippen molar-refractivity contribution in [3.8, 4) is 0 Å². The van der Waals surface area contributed by atoms with Gasteiger partial charge in [-0.3, -0.25) is 9.59 Å². The molecule has 2 aliphatic rings. The largest absolute Gasteiger partial charge is 0.341 e. The summed E-state index contributed by atoms with van der Waals surface area (Å²) < 4.78 is 0. The Morgan fingerprint density at radius 1 is 0.818 bits per heavy atom. The first-order valence-electron chi connectivity index (χ1n) is 8.39. The Bertz CT molecular complexity index is 523. The molecule has 1 aliphatic heterocycles. The van der Waals surface area contributed by atoms with Crippen molar-refractivity contribution in [1.29, 1.82) is 0 Å². The second-order valence-corrected chi connectivity index (χ2v) is 6.32. The zero-order chi connectivity index (χ0) is 15.4. The Balaban J connectivity index is 1.60. The van der Waals surface area contributed by atoms with E-state index in [0.29, 0.717) is 19.0 Å². The van der Waals surface area contributed by atoms with E-state index in [1.165, 1.54) is 12.8 Å². The van der Waals surface area contributed by atoms with Gasteiger partial charge in [0.25, 0.3) is 5.91 Å². The first-order valence-corrected chi connectivity index (χ1v) is 8.39. The summed E-state index contributed by atoms with van der Waals surface area (Å²) in [7, 11) is 0. The number of nitrogens with zero attached hydrogens (tertiary/aromatic N) is 2. The van der Waals surface area contributed by atoms with Crippen molar-refractivity contribution >= 4 is 11.8 Å². The molecule has 1 heterocycles. The van der Waals surface area contributed by atoms with E-state index in [1.807, 2.05) is 40.1 Å². The fraction of sp³-hybridized carbons (Fsp3) is 0.556. The van der Waals surface area contributed by atoms with E-state index in [9.17, 15) is 9.59 Å². The van der Waals surface area contributed by atoms with Gasteiger partial charge in [0.05, 0.1) is 0 Å². The van der Waals surface area contributed by atoms with Gasteiger partial charge < -0.3 is 9.80 Å².